The number of pyridine rings is 1. The quantitative estimate of drug-likeness (QED) is 0.719. The zero-order valence-corrected chi connectivity index (χ0v) is 11.3. The second-order valence-electron chi connectivity index (χ2n) is 4.27. The molecule has 0 atom stereocenters. The van der Waals surface area contributed by atoms with Crippen molar-refractivity contribution in [2.45, 2.75) is 6.92 Å². The number of anilines is 1. The molecule has 0 bridgehead atoms. The highest BCUT2D eigenvalue weighted by Crippen LogP contribution is 2.36. The smallest absolute Gasteiger partial charge is 0.0908 e. The summed E-state index contributed by atoms with van der Waals surface area (Å²) in [5.74, 6) is 0. The molecule has 0 aliphatic heterocycles. The van der Waals surface area contributed by atoms with Crippen LogP contribution in [0.2, 0.25) is 0 Å². The Morgan fingerprint density at radius 2 is 1.84 bits per heavy atom. The van der Waals surface area contributed by atoms with Gasteiger partial charge in [0.2, 0.25) is 0 Å². The second kappa shape index (κ2) is 4.82. The molecule has 94 valence electrons. The van der Waals surface area contributed by atoms with Crippen molar-refractivity contribution < 1.29 is 0 Å². The van der Waals surface area contributed by atoms with Crippen molar-refractivity contribution in [1.29, 1.82) is 0 Å². The van der Waals surface area contributed by atoms with Gasteiger partial charge in [0.25, 0.3) is 0 Å². The lowest BCUT2D eigenvalue weighted by Gasteiger charge is -2.03. The van der Waals surface area contributed by atoms with E-state index in [-0.39, 0.29) is 0 Å². The summed E-state index contributed by atoms with van der Waals surface area (Å²) in [6.07, 6.45) is 3.57. The zero-order chi connectivity index (χ0) is 13.2. The summed E-state index contributed by atoms with van der Waals surface area (Å²) < 4.78 is 0. The van der Waals surface area contributed by atoms with E-state index in [4.69, 9.17) is 5.73 Å². The molecule has 0 aliphatic carbocycles. The lowest BCUT2D eigenvalue weighted by atomic mass is 10.1. The van der Waals surface area contributed by atoms with Gasteiger partial charge >= 0.3 is 0 Å². The van der Waals surface area contributed by atoms with Crippen molar-refractivity contribution >= 4 is 17.0 Å². The monoisotopic (exact) mass is 267 g/mol. The third kappa shape index (κ3) is 2.35. The van der Waals surface area contributed by atoms with E-state index < -0.39 is 0 Å². The summed E-state index contributed by atoms with van der Waals surface area (Å²) in [6.45, 7) is 2.02. The molecule has 0 fully saturated rings. The van der Waals surface area contributed by atoms with E-state index in [0.29, 0.717) is 0 Å². The normalized spacial score (nSPS) is 10.6. The molecule has 3 aromatic rings. The molecule has 0 saturated heterocycles. The van der Waals surface area contributed by atoms with Crippen LogP contribution in [-0.2, 0) is 0 Å². The SMILES string of the molecule is Cc1nc(-c2ccncc2)c(-c2cccc(N)c2)s1. The molecule has 2 heterocycles. The molecule has 0 radical (unpaired) electrons. The zero-order valence-electron chi connectivity index (χ0n) is 10.5. The average Bonchev–Trinajstić information content (AvgIpc) is 2.82. The maximum absolute atomic E-state index is 5.87. The van der Waals surface area contributed by atoms with E-state index >= 15 is 0 Å². The molecule has 19 heavy (non-hydrogen) atoms. The molecule has 3 rings (SSSR count). The fourth-order valence-electron chi connectivity index (χ4n) is 2.01. The van der Waals surface area contributed by atoms with Crippen LogP contribution in [0, 0.1) is 6.92 Å². The van der Waals surface area contributed by atoms with Crippen LogP contribution >= 0.6 is 11.3 Å². The number of thiazole rings is 1. The molecule has 0 amide bonds. The largest absolute Gasteiger partial charge is 0.399 e. The van der Waals surface area contributed by atoms with Crippen LogP contribution in [0.15, 0.2) is 48.8 Å². The van der Waals surface area contributed by atoms with Crippen molar-refractivity contribution in [1.82, 2.24) is 9.97 Å². The molecule has 2 aromatic heterocycles. The van der Waals surface area contributed by atoms with Crippen LogP contribution in [-0.4, -0.2) is 9.97 Å². The van der Waals surface area contributed by atoms with E-state index in [1.165, 1.54) is 0 Å². The molecule has 2 N–H and O–H groups in total. The van der Waals surface area contributed by atoms with E-state index in [1.807, 2.05) is 37.3 Å². The van der Waals surface area contributed by atoms with Crippen molar-refractivity contribution in [3.8, 4) is 21.7 Å². The van der Waals surface area contributed by atoms with Crippen LogP contribution < -0.4 is 5.73 Å². The van der Waals surface area contributed by atoms with Crippen molar-refractivity contribution in [2.24, 2.45) is 0 Å². The van der Waals surface area contributed by atoms with Crippen molar-refractivity contribution in [3.63, 3.8) is 0 Å². The predicted molar refractivity (Wildman–Crippen MR) is 79.9 cm³/mol. The highest BCUT2D eigenvalue weighted by molar-refractivity contribution is 7.15. The van der Waals surface area contributed by atoms with Gasteiger partial charge in [0.05, 0.1) is 15.6 Å². The second-order valence-corrected chi connectivity index (χ2v) is 5.48. The number of nitrogen functional groups attached to an aromatic ring is 1. The first-order valence-corrected chi connectivity index (χ1v) is 6.79. The van der Waals surface area contributed by atoms with Crippen molar-refractivity contribution in [2.75, 3.05) is 5.73 Å². The standard InChI is InChI=1S/C15H13N3S/c1-10-18-14(11-5-7-17-8-6-11)15(19-10)12-3-2-4-13(16)9-12/h2-9H,16H2,1H3. The minimum Gasteiger partial charge on any atom is -0.399 e. The first-order valence-electron chi connectivity index (χ1n) is 5.98. The minimum absolute atomic E-state index is 0.768. The summed E-state index contributed by atoms with van der Waals surface area (Å²) in [5.41, 5.74) is 9.82. The highest BCUT2D eigenvalue weighted by Gasteiger charge is 2.13. The van der Waals surface area contributed by atoms with Crippen LogP contribution in [0.3, 0.4) is 0 Å². The highest BCUT2D eigenvalue weighted by atomic mass is 32.1. The number of aryl methyl sites for hydroxylation is 1. The number of rotatable bonds is 2. The Balaban J connectivity index is 2.18. The van der Waals surface area contributed by atoms with Crippen LogP contribution in [0.4, 0.5) is 5.69 Å². The Morgan fingerprint density at radius 3 is 2.58 bits per heavy atom. The Labute approximate surface area is 115 Å². The van der Waals surface area contributed by atoms with Crippen LogP contribution in [0.1, 0.15) is 5.01 Å². The third-order valence-electron chi connectivity index (χ3n) is 2.84. The minimum atomic E-state index is 0.768. The Morgan fingerprint density at radius 1 is 1.05 bits per heavy atom. The molecule has 0 spiro atoms. The maximum atomic E-state index is 5.87. The fourth-order valence-corrected chi connectivity index (χ4v) is 2.95. The molecule has 0 unspecified atom stereocenters. The maximum Gasteiger partial charge on any atom is 0.0908 e. The molecule has 4 heteroatoms. The first-order chi connectivity index (χ1) is 9.24. The molecule has 1 aromatic carbocycles. The van der Waals surface area contributed by atoms with E-state index in [9.17, 15) is 0 Å². The molecular formula is C15H13N3S. The molecule has 3 nitrogen and oxygen atoms in total. The molecule has 0 saturated carbocycles. The fraction of sp³-hybridized carbons (Fsp3) is 0.0667. The lowest BCUT2D eigenvalue weighted by molar-refractivity contribution is 1.28. The summed E-state index contributed by atoms with van der Waals surface area (Å²) in [6, 6.07) is 11.9. The van der Waals surface area contributed by atoms with Gasteiger partial charge in [-0.1, -0.05) is 12.1 Å². The van der Waals surface area contributed by atoms with Crippen LogP contribution in [0.25, 0.3) is 21.7 Å². The van der Waals surface area contributed by atoms with Gasteiger partial charge in [-0.3, -0.25) is 4.98 Å². The van der Waals surface area contributed by atoms with Gasteiger partial charge < -0.3 is 5.73 Å². The number of hydrogen-bond acceptors (Lipinski definition) is 4. The van der Waals surface area contributed by atoms with Gasteiger partial charge in [0.1, 0.15) is 0 Å². The molecule has 0 aliphatic rings. The van der Waals surface area contributed by atoms with E-state index in [0.717, 1.165) is 32.4 Å². The van der Waals surface area contributed by atoms with E-state index in [1.54, 1.807) is 23.7 Å². The van der Waals surface area contributed by atoms with Gasteiger partial charge in [-0.15, -0.1) is 11.3 Å². The number of benzene rings is 1. The van der Waals surface area contributed by atoms with Gasteiger partial charge in [-0.05, 0) is 36.8 Å². The van der Waals surface area contributed by atoms with Gasteiger partial charge in [0.15, 0.2) is 0 Å². The van der Waals surface area contributed by atoms with Gasteiger partial charge in [0, 0.05) is 23.6 Å². The first kappa shape index (κ1) is 11.9. The number of aromatic nitrogens is 2. The number of hydrogen-bond donors (Lipinski definition) is 1. The third-order valence-corrected chi connectivity index (χ3v) is 3.86. The Bertz CT molecular complexity index is 704. The number of nitrogens with two attached hydrogens (primary N) is 1. The van der Waals surface area contributed by atoms with Crippen molar-refractivity contribution in [3.05, 3.63) is 53.8 Å². The van der Waals surface area contributed by atoms with Gasteiger partial charge in [-0.2, -0.15) is 0 Å². The summed E-state index contributed by atoms with van der Waals surface area (Å²) in [4.78, 5) is 9.84. The van der Waals surface area contributed by atoms with E-state index in [2.05, 4.69) is 16.0 Å². The summed E-state index contributed by atoms with van der Waals surface area (Å²) in [5, 5.41) is 1.05. The Kier molecular flexibility index (Phi) is 3.01. The summed E-state index contributed by atoms with van der Waals surface area (Å²) >= 11 is 1.68. The Hall–Kier alpha value is -2.20. The van der Waals surface area contributed by atoms with Crippen LogP contribution in [0.5, 0.6) is 0 Å². The molecular weight excluding hydrogens is 254 g/mol. The summed E-state index contributed by atoms with van der Waals surface area (Å²) in [7, 11) is 0. The average molecular weight is 267 g/mol. The number of nitrogens with zero attached hydrogens (tertiary/aromatic N) is 2. The topological polar surface area (TPSA) is 51.8 Å². The van der Waals surface area contributed by atoms with Gasteiger partial charge in [-0.25, -0.2) is 4.98 Å². The lowest BCUT2D eigenvalue weighted by Crippen LogP contribution is -1.86. The predicted octanol–water partition coefficient (Wildman–Crippen LogP) is 3.76.